The van der Waals surface area contributed by atoms with E-state index in [4.69, 9.17) is 0 Å². The zero-order valence-electron chi connectivity index (χ0n) is 9.17. The third kappa shape index (κ3) is 3.06. The molecule has 15 heavy (non-hydrogen) atoms. The van der Waals surface area contributed by atoms with Gasteiger partial charge >= 0.3 is 0 Å². The molecule has 1 unspecified atom stereocenters. The summed E-state index contributed by atoms with van der Waals surface area (Å²) in [6.45, 7) is 2.07. The summed E-state index contributed by atoms with van der Waals surface area (Å²) in [6.07, 6.45) is 9.47. The number of rotatable bonds is 2. The number of hydrogen-bond acceptors (Lipinski definition) is 2. The molecule has 84 valence electrons. The van der Waals surface area contributed by atoms with Crippen molar-refractivity contribution in [1.29, 1.82) is 0 Å². The number of piperidine rings is 1. The molecular formula is C12H20N2O. The van der Waals surface area contributed by atoms with Crippen LogP contribution in [0.15, 0.2) is 12.2 Å². The Morgan fingerprint density at radius 1 is 1.20 bits per heavy atom. The van der Waals surface area contributed by atoms with E-state index in [1.807, 2.05) is 0 Å². The van der Waals surface area contributed by atoms with Crippen molar-refractivity contribution in [2.75, 3.05) is 13.1 Å². The van der Waals surface area contributed by atoms with Gasteiger partial charge in [0.15, 0.2) is 0 Å². The largest absolute Gasteiger partial charge is 0.353 e. The molecule has 1 atom stereocenters. The fourth-order valence-electron chi connectivity index (χ4n) is 2.32. The SMILES string of the molecule is O=C(NC1CCNCC1)C1CC=CCC1. The predicted molar refractivity (Wildman–Crippen MR) is 60.5 cm³/mol. The van der Waals surface area contributed by atoms with Gasteiger partial charge in [-0.2, -0.15) is 0 Å². The van der Waals surface area contributed by atoms with Gasteiger partial charge in [-0.3, -0.25) is 4.79 Å². The van der Waals surface area contributed by atoms with Crippen LogP contribution in [0, 0.1) is 5.92 Å². The number of carbonyl (C=O) groups excluding carboxylic acids is 1. The lowest BCUT2D eigenvalue weighted by Gasteiger charge is -2.26. The van der Waals surface area contributed by atoms with Crippen LogP contribution in [0.1, 0.15) is 32.1 Å². The van der Waals surface area contributed by atoms with Crippen LogP contribution in [0.4, 0.5) is 0 Å². The minimum absolute atomic E-state index is 0.227. The molecule has 1 amide bonds. The number of nitrogens with one attached hydrogen (secondary N) is 2. The van der Waals surface area contributed by atoms with Crippen molar-refractivity contribution in [3.63, 3.8) is 0 Å². The summed E-state index contributed by atoms with van der Waals surface area (Å²) in [5.74, 6) is 0.496. The Bertz CT molecular complexity index is 244. The van der Waals surface area contributed by atoms with Gasteiger partial charge in [0, 0.05) is 12.0 Å². The Balaban J connectivity index is 1.77. The first-order chi connectivity index (χ1) is 7.36. The molecule has 1 aliphatic carbocycles. The third-order valence-electron chi connectivity index (χ3n) is 3.33. The quantitative estimate of drug-likeness (QED) is 0.670. The zero-order valence-corrected chi connectivity index (χ0v) is 9.17. The van der Waals surface area contributed by atoms with Crippen molar-refractivity contribution in [2.24, 2.45) is 5.92 Å². The minimum atomic E-state index is 0.227. The maximum atomic E-state index is 11.9. The highest BCUT2D eigenvalue weighted by Gasteiger charge is 2.22. The Labute approximate surface area is 91.3 Å². The second-order valence-electron chi connectivity index (χ2n) is 4.51. The summed E-state index contributed by atoms with van der Waals surface area (Å²) in [5, 5.41) is 6.48. The van der Waals surface area contributed by atoms with Crippen molar-refractivity contribution in [2.45, 2.75) is 38.1 Å². The molecule has 2 rings (SSSR count). The van der Waals surface area contributed by atoms with E-state index < -0.39 is 0 Å². The van der Waals surface area contributed by atoms with Crippen LogP contribution in [0.25, 0.3) is 0 Å². The highest BCUT2D eigenvalue weighted by Crippen LogP contribution is 2.18. The van der Waals surface area contributed by atoms with Crippen LogP contribution in [-0.4, -0.2) is 25.0 Å². The molecule has 1 saturated heterocycles. The molecule has 2 N–H and O–H groups in total. The van der Waals surface area contributed by atoms with E-state index in [2.05, 4.69) is 22.8 Å². The minimum Gasteiger partial charge on any atom is -0.353 e. The smallest absolute Gasteiger partial charge is 0.223 e. The summed E-state index contributed by atoms with van der Waals surface area (Å²) in [7, 11) is 0. The van der Waals surface area contributed by atoms with Crippen LogP contribution < -0.4 is 10.6 Å². The van der Waals surface area contributed by atoms with Crippen LogP contribution in [-0.2, 0) is 4.79 Å². The highest BCUT2D eigenvalue weighted by atomic mass is 16.1. The number of amides is 1. The summed E-state index contributed by atoms with van der Waals surface area (Å²) in [6, 6.07) is 0.407. The maximum absolute atomic E-state index is 11.9. The first-order valence-corrected chi connectivity index (χ1v) is 6.02. The molecule has 0 aromatic rings. The summed E-state index contributed by atoms with van der Waals surface area (Å²) < 4.78 is 0. The van der Waals surface area contributed by atoms with E-state index in [1.54, 1.807) is 0 Å². The zero-order chi connectivity index (χ0) is 10.5. The molecule has 0 saturated carbocycles. The topological polar surface area (TPSA) is 41.1 Å². The van der Waals surface area contributed by atoms with Crippen molar-refractivity contribution in [3.05, 3.63) is 12.2 Å². The monoisotopic (exact) mass is 208 g/mol. The molecule has 0 spiro atoms. The molecule has 0 aromatic heterocycles. The average Bonchev–Trinajstić information content (AvgIpc) is 2.31. The first-order valence-electron chi connectivity index (χ1n) is 6.02. The van der Waals surface area contributed by atoms with Crippen molar-refractivity contribution < 1.29 is 4.79 Å². The summed E-state index contributed by atoms with van der Waals surface area (Å²) in [5.41, 5.74) is 0. The van der Waals surface area contributed by atoms with E-state index in [0.717, 1.165) is 45.2 Å². The number of hydrogen-bond donors (Lipinski definition) is 2. The van der Waals surface area contributed by atoms with E-state index in [9.17, 15) is 4.79 Å². The second-order valence-corrected chi connectivity index (χ2v) is 4.51. The van der Waals surface area contributed by atoms with Gasteiger partial charge in [-0.15, -0.1) is 0 Å². The van der Waals surface area contributed by atoms with Gasteiger partial charge in [0.1, 0.15) is 0 Å². The number of carbonyl (C=O) groups is 1. The molecular weight excluding hydrogens is 188 g/mol. The Morgan fingerprint density at radius 3 is 2.67 bits per heavy atom. The lowest BCUT2D eigenvalue weighted by molar-refractivity contribution is -0.126. The van der Waals surface area contributed by atoms with Gasteiger partial charge in [0.05, 0.1) is 0 Å². The fourth-order valence-corrected chi connectivity index (χ4v) is 2.32. The van der Waals surface area contributed by atoms with Crippen LogP contribution in [0.5, 0.6) is 0 Å². The van der Waals surface area contributed by atoms with Crippen LogP contribution in [0.3, 0.4) is 0 Å². The Morgan fingerprint density at radius 2 is 2.00 bits per heavy atom. The predicted octanol–water partition coefficient (Wildman–Crippen LogP) is 1.21. The lowest BCUT2D eigenvalue weighted by Crippen LogP contribution is -2.45. The summed E-state index contributed by atoms with van der Waals surface area (Å²) >= 11 is 0. The van der Waals surface area contributed by atoms with Crippen molar-refractivity contribution in [1.82, 2.24) is 10.6 Å². The van der Waals surface area contributed by atoms with Crippen LogP contribution >= 0.6 is 0 Å². The molecule has 2 aliphatic rings. The van der Waals surface area contributed by atoms with Crippen molar-refractivity contribution in [3.8, 4) is 0 Å². The summed E-state index contributed by atoms with van der Waals surface area (Å²) in [4.78, 5) is 11.9. The Kier molecular flexibility index (Phi) is 3.78. The molecule has 1 fully saturated rings. The van der Waals surface area contributed by atoms with Gasteiger partial charge in [-0.25, -0.2) is 0 Å². The molecule has 0 radical (unpaired) electrons. The van der Waals surface area contributed by atoms with Gasteiger partial charge < -0.3 is 10.6 Å². The molecule has 0 bridgehead atoms. The van der Waals surface area contributed by atoms with Gasteiger partial charge in [0.25, 0.3) is 0 Å². The number of allylic oxidation sites excluding steroid dienone is 2. The second kappa shape index (κ2) is 5.31. The molecule has 1 aliphatic heterocycles. The first kappa shape index (κ1) is 10.7. The van der Waals surface area contributed by atoms with Gasteiger partial charge in [-0.1, -0.05) is 12.2 Å². The van der Waals surface area contributed by atoms with E-state index in [0.29, 0.717) is 6.04 Å². The molecule has 3 nitrogen and oxygen atoms in total. The maximum Gasteiger partial charge on any atom is 0.223 e. The standard InChI is InChI=1S/C12H20N2O/c15-12(10-4-2-1-3-5-10)14-11-6-8-13-9-7-11/h1-2,10-11,13H,3-9H2,(H,14,15). The van der Waals surface area contributed by atoms with E-state index in [-0.39, 0.29) is 11.8 Å². The van der Waals surface area contributed by atoms with Gasteiger partial charge in [-0.05, 0) is 45.2 Å². The Hall–Kier alpha value is -0.830. The van der Waals surface area contributed by atoms with E-state index in [1.165, 1.54) is 0 Å². The van der Waals surface area contributed by atoms with Crippen molar-refractivity contribution >= 4 is 5.91 Å². The van der Waals surface area contributed by atoms with E-state index >= 15 is 0 Å². The van der Waals surface area contributed by atoms with Gasteiger partial charge in [0.2, 0.25) is 5.91 Å². The fraction of sp³-hybridized carbons (Fsp3) is 0.750. The third-order valence-corrected chi connectivity index (χ3v) is 3.33. The molecule has 0 aromatic carbocycles. The highest BCUT2D eigenvalue weighted by molar-refractivity contribution is 5.79. The lowest BCUT2D eigenvalue weighted by atomic mass is 9.93. The van der Waals surface area contributed by atoms with Crippen LogP contribution in [0.2, 0.25) is 0 Å². The molecule has 3 heteroatoms. The molecule has 1 heterocycles. The normalized spacial score (nSPS) is 27.6. The average molecular weight is 208 g/mol.